The summed E-state index contributed by atoms with van der Waals surface area (Å²) in [6.07, 6.45) is 1.78. The molecule has 1 aromatic carbocycles. The van der Waals surface area contributed by atoms with Crippen molar-refractivity contribution in [1.82, 2.24) is 48.5 Å². The maximum Gasteiger partial charge on any atom is 0.355 e. The van der Waals surface area contributed by atoms with Gasteiger partial charge in [-0.15, -0.1) is 31.7 Å². The average molecular weight is 951 g/mol. The molecule has 316 valence electrons. The van der Waals surface area contributed by atoms with Crippen molar-refractivity contribution in [2.24, 2.45) is 0 Å². The van der Waals surface area contributed by atoms with Gasteiger partial charge >= 0.3 is 5.69 Å². The van der Waals surface area contributed by atoms with Gasteiger partial charge in [0, 0.05) is 40.5 Å². The molecule has 0 unspecified atom stereocenters. The van der Waals surface area contributed by atoms with Gasteiger partial charge in [-0.1, -0.05) is 125 Å². The first kappa shape index (κ1) is 50.5. The third-order valence-corrected chi connectivity index (χ3v) is 12.4. The molecule has 7 rings (SSSR count). The second-order valence-corrected chi connectivity index (χ2v) is 19.5. The Bertz CT molecular complexity index is 2040. The number of rotatable bonds is 7. The SMILES string of the molecule is CC(C)c1ccsn1.CC(C)c1nc(=O)[nH]s1.CC(C)c1nc(Br)ns1.CC(C)c1ncc(-c2ccccc2)o1.CC(C)c1nnc(N)s1.Cc1nnc(C(C)C)s1. The molecule has 6 heterocycles. The zero-order chi connectivity index (χ0) is 43.4. The van der Waals surface area contributed by atoms with Gasteiger partial charge in [0.05, 0.1) is 11.9 Å². The van der Waals surface area contributed by atoms with Gasteiger partial charge in [-0.2, -0.15) is 13.7 Å². The Kier molecular flexibility index (Phi) is 23.1. The third kappa shape index (κ3) is 19.4. The highest BCUT2D eigenvalue weighted by molar-refractivity contribution is 9.10. The molecule has 13 nitrogen and oxygen atoms in total. The minimum absolute atomic E-state index is 0.233. The van der Waals surface area contributed by atoms with Crippen LogP contribution in [0.4, 0.5) is 5.13 Å². The summed E-state index contributed by atoms with van der Waals surface area (Å²) >= 11 is 10.6. The van der Waals surface area contributed by atoms with Crippen LogP contribution in [0.15, 0.2) is 61.9 Å². The Morgan fingerprint density at radius 1 is 0.690 bits per heavy atom. The number of benzene rings is 1. The largest absolute Gasteiger partial charge is 0.440 e. The van der Waals surface area contributed by atoms with Gasteiger partial charge in [0.25, 0.3) is 0 Å². The molecular formula is C39H56BrN11O2S5. The summed E-state index contributed by atoms with van der Waals surface area (Å²) in [5, 5.41) is 23.2. The number of nitrogens with two attached hydrogens (primary N) is 1. The van der Waals surface area contributed by atoms with Crippen LogP contribution in [0.2, 0.25) is 0 Å². The van der Waals surface area contributed by atoms with Gasteiger partial charge in [0.2, 0.25) is 9.87 Å². The van der Waals surface area contributed by atoms with E-state index in [9.17, 15) is 4.79 Å². The molecule has 0 spiro atoms. The number of oxazole rings is 1. The predicted molar refractivity (Wildman–Crippen MR) is 248 cm³/mol. The molecule has 58 heavy (non-hydrogen) atoms. The lowest BCUT2D eigenvalue weighted by Crippen LogP contribution is -2.01. The van der Waals surface area contributed by atoms with Crippen LogP contribution in [-0.4, -0.2) is 48.5 Å². The van der Waals surface area contributed by atoms with Crippen LogP contribution in [0, 0.1) is 6.92 Å². The van der Waals surface area contributed by atoms with Gasteiger partial charge in [-0.25, -0.2) is 14.8 Å². The number of aromatic amines is 1. The highest BCUT2D eigenvalue weighted by Crippen LogP contribution is 2.23. The number of nitrogens with one attached hydrogen (secondary N) is 1. The highest BCUT2D eigenvalue weighted by Gasteiger charge is 2.09. The smallest absolute Gasteiger partial charge is 0.355 e. The first-order chi connectivity index (χ1) is 27.4. The summed E-state index contributed by atoms with van der Waals surface area (Å²) in [5.74, 6) is 4.38. The minimum Gasteiger partial charge on any atom is -0.440 e. The Labute approximate surface area is 371 Å². The lowest BCUT2D eigenvalue weighted by atomic mass is 10.1. The van der Waals surface area contributed by atoms with E-state index in [-0.39, 0.29) is 5.69 Å². The molecule has 0 atom stereocenters. The van der Waals surface area contributed by atoms with Crippen molar-refractivity contribution in [2.45, 2.75) is 126 Å². The molecule has 0 saturated heterocycles. The van der Waals surface area contributed by atoms with Gasteiger partial charge in [0.1, 0.15) is 25.0 Å². The Morgan fingerprint density at radius 2 is 1.29 bits per heavy atom. The lowest BCUT2D eigenvalue weighted by Gasteiger charge is -1.97. The fourth-order valence-electron chi connectivity index (χ4n) is 3.77. The van der Waals surface area contributed by atoms with Crippen LogP contribution in [0.5, 0.6) is 0 Å². The van der Waals surface area contributed by atoms with Gasteiger partial charge in [-0.05, 0) is 69.4 Å². The molecule has 0 fully saturated rings. The summed E-state index contributed by atoms with van der Waals surface area (Å²) in [5.41, 5.74) is 7.41. The molecule has 7 aromatic rings. The maximum atomic E-state index is 10.4. The number of anilines is 1. The topological polar surface area (TPSA) is 188 Å². The first-order valence-corrected chi connectivity index (χ1v) is 23.6. The molecule has 0 amide bonds. The second kappa shape index (κ2) is 26.5. The van der Waals surface area contributed by atoms with E-state index < -0.39 is 0 Å². The standard InChI is InChI=1S/C12H13NO.C6H10N2S.C6H9NS.C5H7BrN2S.C5H9N3S.C5H8N2OS/c1-9(2)12-13-8-11(14-12)10-6-4-3-5-7-10;1-4(2)6-8-7-5(3)9-6;1-5(2)6-3-4-8-7-6;1-3(2)4-7-5(6)8-9-4;1-3(2)4-7-8-5(6)9-4;1-3(2)4-6-5(8)7-9-4/h3-9H,1-2H3;4H,1-3H3;3-5H,1-2H3;3H,1-2H3;3H,1-2H3,(H2,6,8);3H,1-2H3,(H,7,8). The number of nitrogen functional groups attached to an aromatic ring is 1. The van der Waals surface area contributed by atoms with Crippen LogP contribution in [0.25, 0.3) is 11.3 Å². The van der Waals surface area contributed by atoms with E-state index in [0.29, 0.717) is 45.4 Å². The fourth-order valence-corrected chi connectivity index (χ4v) is 7.42. The zero-order valence-electron chi connectivity index (χ0n) is 35.4. The second-order valence-electron chi connectivity index (χ2n) is 14.3. The Balaban J connectivity index is 0.000000243. The fraction of sp³-hybridized carbons (Fsp3) is 0.487. The number of aromatic nitrogens is 10. The zero-order valence-corrected chi connectivity index (χ0v) is 41.1. The van der Waals surface area contributed by atoms with Crippen molar-refractivity contribution >= 4 is 78.3 Å². The summed E-state index contributed by atoms with van der Waals surface area (Å²) < 4.78 is 17.0. The van der Waals surface area contributed by atoms with Crippen molar-refractivity contribution in [3.63, 3.8) is 0 Å². The van der Waals surface area contributed by atoms with Crippen molar-refractivity contribution < 1.29 is 4.42 Å². The summed E-state index contributed by atoms with van der Waals surface area (Å²) in [7, 11) is 0. The van der Waals surface area contributed by atoms with E-state index in [1.807, 2.05) is 56.5 Å². The van der Waals surface area contributed by atoms with E-state index in [1.54, 1.807) is 17.5 Å². The van der Waals surface area contributed by atoms with Crippen molar-refractivity contribution in [1.29, 1.82) is 0 Å². The van der Waals surface area contributed by atoms with E-state index >= 15 is 0 Å². The maximum absolute atomic E-state index is 10.4. The Hall–Kier alpha value is -3.62. The van der Waals surface area contributed by atoms with Crippen molar-refractivity contribution in [3.05, 3.63) is 99.8 Å². The van der Waals surface area contributed by atoms with Gasteiger partial charge in [-0.3, -0.25) is 4.37 Å². The number of halogens is 1. The normalized spacial score (nSPS) is 10.6. The highest BCUT2D eigenvalue weighted by atomic mass is 79.9. The molecule has 0 radical (unpaired) electrons. The summed E-state index contributed by atoms with van der Waals surface area (Å²) in [4.78, 5) is 22.5. The summed E-state index contributed by atoms with van der Waals surface area (Å²) in [6.45, 7) is 27.0. The molecule has 6 aromatic heterocycles. The minimum atomic E-state index is -0.233. The molecular weight excluding hydrogens is 895 g/mol. The number of H-pyrrole nitrogens is 1. The summed E-state index contributed by atoms with van der Waals surface area (Å²) in [6, 6.07) is 12.1. The number of aryl methyl sites for hydroxylation is 1. The van der Waals surface area contributed by atoms with Crippen LogP contribution in [0.1, 0.15) is 155 Å². The molecule has 19 heteroatoms. The Morgan fingerprint density at radius 3 is 1.60 bits per heavy atom. The number of nitrogens with zero attached hydrogens (tertiary/aromatic N) is 9. The molecule has 0 aliphatic carbocycles. The van der Waals surface area contributed by atoms with Crippen LogP contribution in [0.3, 0.4) is 0 Å². The van der Waals surface area contributed by atoms with Gasteiger partial charge < -0.3 is 10.2 Å². The van der Waals surface area contributed by atoms with Crippen molar-refractivity contribution in [3.8, 4) is 11.3 Å². The molecule has 3 N–H and O–H groups in total. The van der Waals surface area contributed by atoms with Crippen molar-refractivity contribution in [2.75, 3.05) is 5.73 Å². The van der Waals surface area contributed by atoms with Crippen LogP contribution < -0.4 is 11.4 Å². The average Bonchev–Trinajstić information content (AvgIpc) is 4.02. The van der Waals surface area contributed by atoms with E-state index in [1.165, 1.54) is 51.6 Å². The van der Waals surface area contributed by atoms with E-state index in [0.717, 1.165) is 42.3 Å². The third-order valence-electron chi connectivity index (χ3n) is 6.97. The first-order valence-electron chi connectivity index (χ1n) is 18.7. The monoisotopic (exact) mass is 949 g/mol. The van der Waals surface area contributed by atoms with Crippen LogP contribution in [-0.2, 0) is 0 Å². The van der Waals surface area contributed by atoms with E-state index in [2.05, 4.69) is 140 Å². The van der Waals surface area contributed by atoms with Crippen LogP contribution >= 0.6 is 73.2 Å². The van der Waals surface area contributed by atoms with E-state index in [4.69, 9.17) is 10.2 Å². The molecule has 0 bridgehead atoms. The molecule has 0 aliphatic rings. The van der Waals surface area contributed by atoms with Gasteiger partial charge in [0.15, 0.2) is 11.7 Å². The predicted octanol–water partition coefficient (Wildman–Crippen LogP) is 12.3. The lowest BCUT2D eigenvalue weighted by molar-refractivity contribution is 0.481. The molecule has 0 aliphatic heterocycles. The number of hydrogen-bond donors (Lipinski definition) is 2. The number of hydrogen-bond acceptors (Lipinski definition) is 17. The quantitative estimate of drug-likeness (QED) is 0.154. The molecule has 0 saturated carbocycles.